The van der Waals surface area contributed by atoms with E-state index in [0.717, 1.165) is 16.8 Å². The SMILES string of the molecule is COc1ccc(C2SC(c3ccc(F)cc3)=NN2C(=O)c2c(F)cc(F)cc2F)c(OC)n1. The fourth-order valence-corrected chi connectivity index (χ4v) is 4.32. The van der Waals surface area contributed by atoms with E-state index < -0.39 is 40.1 Å². The number of halogens is 4. The van der Waals surface area contributed by atoms with Crippen molar-refractivity contribution in [2.75, 3.05) is 14.2 Å². The molecule has 0 radical (unpaired) electrons. The van der Waals surface area contributed by atoms with E-state index >= 15 is 0 Å². The number of hydrogen-bond donors (Lipinski definition) is 0. The zero-order valence-electron chi connectivity index (χ0n) is 17.2. The summed E-state index contributed by atoms with van der Waals surface area (Å²) in [5.74, 6) is -5.17. The topological polar surface area (TPSA) is 64.0 Å². The average molecular weight is 477 g/mol. The lowest BCUT2D eigenvalue weighted by Crippen LogP contribution is -2.28. The predicted molar refractivity (Wildman–Crippen MR) is 113 cm³/mol. The van der Waals surface area contributed by atoms with Crippen molar-refractivity contribution >= 4 is 22.7 Å². The number of methoxy groups -OCH3 is 2. The third-order valence-electron chi connectivity index (χ3n) is 4.70. The van der Waals surface area contributed by atoms with Crippen LogP contribution in [0.1, 0.15) is 26.9 Å². The van der Waals surface area contributed by atoms with E-state index in [1.54, 1.807) is 6.07 Å². The molecule has 0 saturated carbocycles. The predicted octanol–water partition coefficient (Wildman–Crippen LogP) is 4.90. The molecule has 6 nitrogen and oxygen atoms in total. The average Bonchev–Trinajstić information content (AvgIpc) is 3.23. The second-order valence-electron chi connectivity index (χ2n) is 6.73. The highest BCUT2D eigenvalue weighted by Crippen LogP contribution is 2.45. The summed E-state index contributed by atoms with van der Waals surface area (Å²) in [5, 5.41) is 4.44. The lowest BCUT2D eigenvalue weighted by Gasteiger charge is -2.22. The standard InChI is InChI=1S/C22H15F4N3O3S/c1-31-17-8-7-14(19(27-17)32-2)22-29(21(30)18-15(25)9-13(24)10-16(18)26)28-20(33-22)11-3-5-12(23)6-4-11/h3-10,22H,1-2H3. The van der Waals surface area contributed by atoms with Crippen LogP contribution < -0.4 is 9.47 Å². The molecule has 0 saturated heterocycles. The molecule has 0 aliphatic carbocycles. The summed E-state index contributed by atoms with van der Waals surface area (Å²) < 4.78 is 65.9. The maximum atomic E-state index is 14.4. The van der Waals surface area contributed by atoms with Gasteiger partial charge < -0.3 is 9.47 Å². The van der Waals surface area contributed by atoms with Crippen LogP contribution in [0, 0.1) is 23.3 Å². The number of thioether (sulfide) groups is 1. The van der Waals surface area contributed by atoms with E-state index in [1.807, 2.05) is 0 Å². The Morgan fingerprint density at radius 3 is 2.21 bits per heavy atom. The zero-order valence-corrected chi connectivity index (χ0v) is 18.0. The lowest BCUT2D eigenvalue weighted by molar-refractivity contribution is 0.0737. The number of nitrogens with zero attached hydrogens (tertiary/aromatic N) is 3. The molecule has 3 aromatic rings. The molecular formula is C22H15F4N3O3S. The minimum absolute atomic E-state index is 0.0975. The zero-order chi connectivity index (χ0) is 23.7. The third kappa shape index (κ3) is 4.36. The fraction of sp³-hybridized carbons (Fsp3) is 0.136. The number of hydrogen-bond acceptors (Lipinski definition) is 6. The van der Waals surface area contributed by atoms with Gasteiger partial charge >= 0.3 is 0 Å². The molecule has 170 valence electrons. The van der Waals surface area contributed by atoms with Gasteiger partial charge in [-0.15, -0.1) is 0 Å². The van der Waals surface area contributed by atoms with Gasteiger partial charge in [-0.05, 0) is 30.3 Å². The number of aromatic nitrogens is 1. The van der Waals surface area contributed by atoms with Gasteiger partial charge in [0.05, 0.1) is 14.2 Å². The number of hydrazone groups is 1. The Kier molecular flexibility index (Phi) is 6.23. The molecule has 33 heavy (non-hydrogen) atoms. The van der Waals surface area contributed by atoms with Crippen LogP contribution in [0.3, 0.4) is 0 Å². The normalized spacial score (nSPS) is 15.4. The van der Waals surface area contributed by atoms with E-state index in [1.165, 1.54) is 44.6 Å². The Bertz CT molecular complexity index is 1230. The molecule has 2 heterocycles. The van der Waals surface area contributed by atoms with Crippen LogP contribution in [-0.2, 0) is 0 Å². The van der Waals surface area contributed by atoms with Crippen molar-refractivity contribution in [1.29, 1.82) is 0 Å². The van der Waals surface area contributed by atoms with Crippen LogP contribution in [-0.4, -0.2) is 35.2 Å². The highest BCUT2D eigenvalue weighted by Gasteiger charge is 2.39. The number of carbonyl (C=O) groups is 1. The highest BCUT2D eigenvalue weighted by molar-refractivity contribution is 8.14. The molecule has 0 fully saturated rings. The van der Waals surface area contributed by atoms with Crippen molar-refractivity contribution in [3.8, 4) is 11.8 Å². The quantitative estimate of drug-likeness (QED) is 0.489. The molecular weight excluding hydrogens is 462 g/mol. The summed E-state index contributed by atoms with van der Waals surface area (Å²) in [4.78, 5) is 17.4. The number of rotatable bonds is 5. The molecule has 1 amide bonds. The minimum Gasteiger partial charge on any atom is -0.481 e. The second-order valence-corrected chi connectivity index (χ2v) is 7.80. The molecule has 1 aliphatic heterocycles. The van der Waals surface area contributed by atoms with Crippen LogP contribution in [0.4, 0.5) is 17.6 Å². The number of ether oxygens (including phenoxy) is 2. The fourth-order valence-electron chi connectivity index (χ4n) is 3.16. The highest BCUT2D eigenvalue weighted by atomic mass is 32.2. The van der Waals surface area contributed by atoms with Crippen LogP contribution in [0.2, 0.25) is 0 Å². The van der Waals surface area contributed by atoms with Gasteiger partial charge in [0.25, 0.3) is 5.91 Å². The lowest BCUT2D eigenvalue weighted by atomic mass is 10.1. The van der Waals surface area contributed by atoms with E-state index in [9.17, 15) is 22.4 Å². The van der Waals surface area contributed by atoms with Crippen LogP contribution in [0.25, 0.3) is 0 Å². The first-order valence-electron chi connectivity index (χ1n) is 9.40. The Morgan fingerprint density at radius 1 is 0.939 bits per heavy atom. The van der Waals surface area contributed by atoms with Crippen molar-refractivity contribution in [2.24, 2.45) is 5.10 Å². The summed E-state index contributed by atoms with van der Waals surface area (Å²) >= 11 is 1.06. The van der Waals surface area contributed by atoms with Crippen LogP contribution in [0.5, 0.6) is 11.8 Å². The van der Waals surface area contributed by atoms with E-state index in [0.29, 0.717) is 23.3 Å². The summed E-state index contributed by atoms with van der Waals surface area (Å²) in [6, 6.07) is 9.26. The van der Waals surface area contributed by atoms with E-state index in [4.69, 9.17) is 9.47 Å². The Hall–Kier alpha value is -3.60. The summed E-state index contributed by atoms with van der Waals surface area (Å²) in [6.07, 6.45) is 0. The van der Waals surface area contributed by atoms with Gasteiger partial charge in [-0.3, -0.25) is 4.79 Å². The molecule has 1 unspecified atom stereocenters. The smallest absolute Gasteiger partial charge is 0.281 e. The minimum atomic E-state index is -1.37. The summed E-state index contributed by atoms with van der Waals surface area (Å²) in [7, 11) is 2.77. The first kappa shape index (κ1) is 22.6. The monoisotopic (exact) mass is 477 g/mol. The largest absolute Gasteiger partial charge is 0.481 e. The van der Waals surface area contributed by atoms with Crippen LogP contribution >= 0.6 is 11.8 Å². The first-order chi connectivity index (χ1) is 15.8. The molecule has 4 rings (SSSR count). The molecule has 1 aromatic heterocycles. The van der Waals surface area contributed by atoms with Gasteiger partial charge in [0.1, 0.15) is 39.2 Å². The molecule has 0 bridgehead atoms. The number of carbonyl (C=O) groups excluding carboxylic acids is 1. The summed E-state index contributed by atoms with van der Waals surface area (Å²) in [6.45, 7) is 0. The van der Waals surface area contributed by atoms with Gasteiger partial charge in [0, 0.05) is 29.3 Å². The van der Waals surface area contributed by atoms with Gasteiger partial charge in [-0.25, -0.2) is 22.6 Å². The van der Waals surface area contributed by atoms with Crippen molar-refractivity contribution < 1.29 is 31.8 Å². The number of amides is 1. The second kappa shape index (κ2) is 9.10. The van der Waals surface area contributed by atoms with Gasteiger partial charge in [-0.2, -0.15) is 10.1 Å². The van der Waals surface area contributed by atoms with E-state index in [-0.39, 0.29) is 16.8 Å². The maximum absolute atomic E-state index is 14.4. The third-order valence-corrected chi connectivity index (χ3v) is 5.91. The maximum Gasteiger partial charge on any atom is 0.281 e. The Morgan fingerprint density at radius 2 is 1.61 bits per heavy atom. The van der Waals surface area contributed by atoms with Crippen LogP contribution in [0.15, 0.2) is 53.6 Å². The molecule has 0 spiro atoms. The van der Waals surface area contributed by atoms with E-state index in [2.05, 4.69) is 10.1 Å². The number of benzene rings is 2. The first-order valence-corrected chi connectivity index (χ1v) is 10.3. The van der Waals surface area contributed by atoms with Crippen molar-refractivity contribution in [3.63, 3.8) is 0 Å². The molecule has 11 heteroatoms. The molecule has 2 aromatic carbocycles. The Balaban J connectivity index is 1.82. The number of pyridine rings is 1. The van der Waals surface area contributed by atoms with Gasteiger partial charge in [-0.1, -0.05) is 11.8 Å². The van der Waals surface area contributed by atoms with Crippen molar-refractivity contribution in [2.45, 2.75) is 5.37 Å². The Labute approximate surface area is 189 Å². The molecule has 1 atom stereocenters. The summed E-state index contributed by atoms with van der Waals surface area (Å²) in [5.41, 5.74) is -0.130. The van der Waals surface area contributed by atoms with Crippen molar-refractivity contribution in [1.82, 2.24) is 9.99 Å². The molecule has 0 N–H and O–H groups in total. The molecule has 1 aliphatic rings. The van der Waals surface area contributed by atoms with Crippen molar-refractivity contribution in [3.05, 3.63) is 88.5 Å². The van der Waals surface area contributed by atoms with Gasteiger partial charge in [0.15, 0.2) is 0 Å². The van der Waals surface area contributed by atoms with Gasteiger partial charge in [0.2, 0.25) is 11.8 Å².